The highest BCUT2D eigenvalue weighted by atomic mass is 16.6. The van der Waals surface area contributed by atoms with E-state index in [4.69, 9.17) is 4.98 Å². The number of amides is 1. The van der Waals surface area contributed by atoms with Crippen molar-refractivity contribution in [2.45, 2.75) is 25.7 Å². The number of rotatable bonds is 9. The Morgan fingerprint density at radius 3 is 2.53 bits per heavy atom. The summed E-state index contributed by atoms with van der Waals surface area (Å²) in [5.74, 6) is 0.0259. The molecular formula is C28H29N5O3. The number of carbonyl (C=O) groups excluding carboxylic acids is 1. The van der Waals surface area contributed by atoms with Crippen molar-refractivity contribution in [2.75, 3.05) is 26.2 Å². The van der Waals surface area contributed by atoms with E-state index in [9.17, 15) is 14.9 Å². The SMILES string of the molecule is O=C(CCc1c(-c2ccccc2)nc2ccc(-c3cccc([N+](=O)[O-])c3)cn12)NCCN1CCCC1. The fraction of sp³-hybridized carbons (Fsp3) is 0.286. The largest absolute Gasteiger partial charge is 0.355 e. The van der Waals surface area contributed by atoms with E-state index in [-0.39, 0.29) is 16.5 Å². The van der Waals surface area contributed by atoms with Crippen LogP contribution in [0.25, 0.3) is 28.0 Å². The van der Waals surface area contributed by atoms with Crippen LogP contribution < -0.4 is 5.32 Å². The van der Waals surface area contributed by atoms with Gasteiger partial charge in [-0.25, -0.2) is 4.98 Å². The average molecular weight is 484 g/mol. The second kappa shape index (κ2) is 10.7. The van der Waals surface area contributed by atoms with Gasteiger partial charge in [0.1, 0.15) is 5.65 Å². The number of benzene rings is 2. The zero-order valence-electron chi connectivity index (χ0n) is 20.1. The van der Waals surface area contributed by atoms with E-state index in [0.29, 0.717) is 19.4 Å². The van der Waals surface area contributed by atoms with Crippen LogP contribution in [0.5, 0.6) is 0 Å². The van der Waals surface area contributed by atoms with Gasteiger partial charge in [-0.1, -0.05) is 42.5 Å². The molecule has 1 aliphatic heterocycles. The van der Waals surface area contributed by atoms with Crippen molar-refractivity contribution in [3.63, 3.8) is 0 Å². The Morgan fingerprint density at radius 2 is 1.75 bits per heavy atom. The molecule has 8 nitrogen and oxygen atoms in total. The number of carbonyl (C=O) groups is 1. The molecule has 0 unspecified atom stereocenters. The first-order valence-electron chi connectivity index (χ1n) is 12.4. The number of hydrogen-bond acceptors (Lipinski definition) is 5. The fourth-order valence-corrected chi connectivity index (χ4v) is 4.81. The number of hydrogen-bond donors (Lipinski definition) is 1. The first-order valence-corrected chi connectivity index (χ1v) is 12.4. The first-order chi connectivity index (χ1) is 17.6. The molecule has 3 heterocycles. The van der Waals surface area contributed by atoms with Gasteiger partial charge in [-0.2, -0.15) is 0 Å². The number of nitrogens with zero attached hydrogens (tertiary/aromatic N) is 4. The summed E-state index contributed by atoms with van der Waals surface area (Å²) in [6, 6.07) is 20.4. The zero-order valence-corrected chi connectivity index (χ0v) is 20.1. The van der Waals surface area contributed by atoms with Crippen LogP contribution in [-0.4, -0.2) is 51.3 Å². The van der Waals surface area contributed by atoms with Gasteiger partial charge in [0.15, 0.2) is 0 Å². The molecule has 1 aliphatic rings. The van der Waals surface area contributed by atoms with Crippen LogP contribution in [-0.2, 0) is 11.2 Å². The van der Waals surface area contributed by atoms with Crippen LogP contribution >= 0.6 is 0 Å². The van der Waals surface area contributed by atoms with Crippen LogP contribution in [0, 0.1) is 10.1 Å². The van der Waals surface area contributed by atoms with Gasteiger partial charge in [0.2, 0.25) is 5.91 Å². The molecule has 1 saturated heterocycles. The summed E-state index contributed by atoms with van der Waals surface area (Å²) in [4.78, 5) is 30.8. The van der Waals surface area contributed by atoms with Crippen LogP contribution in [0.15, 0.2) is 72.9 Å². The molecule has 0 aliphatic carbocycles. The minimum atomic E-state index is -0.388. The number of non-ortho nitro benzene ring substituents is 1. The van der Waals surface area contributed by atoms with E-state index in [1.807, 2.05) is 59.1 Å². The number of likely N-dealkylation sites (tertiary alicyclic amines) is 1. The quantitative estimate of drug-likeness (QED) is 0.275. The average Bonchev–Trinajstić information content (AvgIpc) is 3.55. The summed E-state index contributed by atoms with van der Waals surface area (Å²) in [5, 5.41) is 14.3. The summed E-state index contributed by atoms with van der Waals surface area (Å²) < 4.78 is 2.01. The molecule has 2 aromatic heterocycles. The predicted octanol–water partition coefficient (Wildman–Crippen LogP) is 4.72. The zero-order chi connectivity index (χ0) is 24.9. The number of fused-ring (bicyclic) bond motifs is 1. The van der Waals surface area contributed by atoms with Crippen LogP contribution in [0.3, 0.4) is 0 Å². The molecule has 184 valence electrons. The number of nitro benzene ring substituents is 1. The Labute approximate surface area is 209 Å². The third kappa shape index (κ3) is 5.28. The van der Waals surface area contributed by atoms with Gasteiger partial charge in [-0.3, -0.25) is 14.9 Å². The summed E-state index contributed by atoms with van der Waals surface area (Å²) in [6.45, 7) is 3.79. The van der Waals surface area contributed by atoms with Gasteiger partial charge in [0.25, 0.3) is 5.69 Å². The molecule has 2 aromatic carbocycles. The Hall–Kier alpha value is -4.04. The molecule has 0 bridgehead atoms. The van der Waals surface area contributed by atoms with Gasteiger partial charge in [0.05, 0.1) is 16.3 Å². The smallest absolute Gasteiger partial charge is 0.270 e. The second-order valence-corrected chi connectivity index (χ2v) is 9.13. The Balaban J connectivity index is 1.42. The van der Waals surface area contributed by atoms with E-state index >= 15 is 0 Å². The Bertz CT molecular complexity index is 1380. The molecule has 1 amide bonds. The molecule has 0 radical (unpaired) electrons. The lowest BCUT2D eigenvalue weighted by atomic mass is 10.1. The predicted molar refractivity (Wildman–Crippen MR) is 140 cm³/mol. The van der Waals surface area contributed by atoms with Crippen LogP contribution in [0.2, 0.25) is 0 Å². The van der Waals surface area contributed by atoms with Gasteiger partial charge < -0.3 is 14.6 Å². The van der Waals surface area contributed by atoms with Crippen molar-refractivity contribution >= 4 is 17.2 Å². The summed E-state index contributed by atoms with van der Waals surface area (Å²) >= 11 is 0. The molecular weight excluding hydrogens is 454 g/mol. The summed E-state index contributed by atoms with van der Waals surface area (Å²) in [6.07, 6.45) is 5.31. The number of imidazole rings is 1. The van der Waals surface area contributed by atoms with Gasteiger partial charge in [-0.15, -0.1) is 0 Å². The van der Waals surface area contributed by atoms with E-state index in [0.717, 1.165) is 53.4 Å². The highest BCUT2D eigenvalue weighted by Crippen LogP contribution is 2.29. The van der Waals surface area contributed by atoms with Gasteiger partial charge >= 0.3 is 0 Å². The molecule has 36 heavy (non-hydrogen) atoms. The highest BCUT2D eigenvalue weighted by Gasteiger charge is 2.17. The van der Waals surface area contributed by atoms with Crippen LogP contribution in [0.4, 0.5) is 5.69 Å². The molecule has 0 atom stereocenters. The molecule has 4 aromatic rings. The monoisotopic (exact) mass is 483 g/mol. The minimum absolute atomic E-state index is 0.0259. The molecule has 0 spiro atoms. The topological polar surface area (TPSA) is 92.8 Å². The maximum Gasteiger partial charge on any atom is 0.270 e. The molecule has 8 heteroatoms. The first kappa shape index (κ1) is 23.7. The van der Waals surface area contributed by atoms with Crippen molar-refractivity contribution < 1.29 is 9.72 Å². The molecule has 5 rings (SSSR count). The third-order valence-electron chi connectivity index (χ3n) is 6.69. The number of nitro groups is 1. The summed E-state index contributed by atoms with van der Waals surface area (Å²) in [7, 11) is 0. The normalized spacial score (nSPS) is 13.8. The van der Waals surface area contributed by atoms with Crippen LogP contribution in [0.1, 0.15) is 25.0 Å². The molecule has 1 fully saturated rings. The Morgan fingerprint density at radius 1 is 0.972 bits per heavy atom. The maximum absolute atomic E-state index is 12.7. The van der Waals surface area contributed by atoms with Crippen molar-refractivity contribution in [1.29, 1.82) is 0 Å². The number of pyridine rings is 1. The lowest BCUT2D eigenvalue weighted by molar-refractivity contribution is -0.384. The number of aromatic nitrogens is 2. The van der Waals surface area contributed by atoms with E-state index in [1.54, 1.807) is 12.1 Å². The standard InChI is InChI=1S/C28H29N5O3/c34-27(29-15-18-31-16-4-5-17-31)14-12-25-28(21-7-2-1-3-8-21)30-26-13-11-23(20-32(25)26)22-9-6-10-24(19-22)33(35)36/h1-3,6-11,13,19-20H,4-5,12,14-18H2,(H,29,34). The summed E-state index contributed by atoms with van der Waals surface area (Å²) in [5.41, 5.74) is 5.20. The molecule has 0 saturated carbocycles. The Kier molecular flexibility index (Phi) is 7.04. The van der Waals surface area contributed by atoms with Crippen molar-refractivity contribution in [3.8, 4) is 22.4 Å². The lowest BCUT2D eigenvalue weighted by Gasteiger charge is -2.14. The fourth-order valence-electron chi connectivity index (χ4n) is 4.81. The second-order valence-electron chi connectivity index (χ2n) is 9.13. The molecule has 1 N–H and O–H groups in total. The number of aryl methyl sites for hydroxylation is 1. The van der Waals surface area contributed by atoms with Crippen molar-refractivity contribution in [2.24, 2.45) is 0 Å². The van der Waals surface area contributed by atoms with Gasteiger partial charge in [0, 0.05) is 43.4 Å². The van der Waals surface area contributed by atoms with E-state index < -0.39 is 0 Å². The minimum Gasteiger partial charge on any atom is -0.355 e. The highest BCUT2D eigenvalue weighted by molar-refractivity contribution is 5.77. The van der Waals surface area contributed by atoms with Gasteiger partial charge in [-0.05, 0) is 55.6 Å². The van der Waals surface area contributed by atoms with E-state index in [2.05, 4.69) is 10.2 Å². The van der Waals surface area contributed by atoms with Crippen molar-refractivity contribution in [3.05, 3.63) is 88.7 Å². The maximum atomic E-state index is 12.7. The van der Waals surface area contributed by atoms with E-state index in [1.165, 1.54) is 18.9 Å². The lowest BCUT2D eigenvalue weighted by Crippen LogP contribution is -2.33. The number of nitrogens with one attached hydrogen (secondary N) is 1. The third-order valence-corrected chi connectivity index (χ3v) is 6.69. The van der Waals surface area contributed by atoms with Crippen molar-refractivity contribution in [1.82, 2.24) is 19.6 Å².